The predicted molar refractivity (Wildman–Crippen MR) is 77.3 cm³/mol. The monoisotopic (exact) mass is 331 g/mol. The molecule has 0 heterocycles. The second kappa shape index (κ2) is 6.28. The van der Waals surface area contributed by atoms with Crippen molar-refractivity contribution in [2.45, 2.75) is 0 Å². The number of ether oxygens (including phenoxy) is 1. The summed E-state index contributed by atoms with van der Waals surface area (Å²) in [5.74, 6) is -2.20. The molecule has 1 N–H and O–H groups in total. The lowest BCUT2D eigenvalue weighted by molar-refractivity contribution is 0.102. The number of carbonyl (C=O) groups excluding carboxylic acids is 1. The second-order valence-corrected chi connectivity index (χ2v) is 4.89. The molecule has 110 valence electrons. The Morgan fingerprint density at radius 2 is 1.90 bits per heavy atom. The highest BCUT2D eigenvalue weighted by Crippen LogP contribution is 2.32. The van der Waals surface area contributed by atoms with Crippen LogP contribution in [0.4, 0.5) is 14.5 Å². The average Bonchev–Trinajstić information content (AvgIpc) is 2.41. The van der Waals surface area contributed by atoms with Crippen LogP contribution in [0.1, 0.15) is 10.4 Å². The molecular weight excluding hydrogens is 323 g/mol. The number of anilines is 1. The molecular formula is C14H9Cl2F2NO2. The summed E-state index contributed by atoms with van der Waals surface area (Å²) < 4.78 is 31.4. The second-order valence-electron chi connectivity index (χ2n) is 4.05. The van der Waals surface area contributed by atoms with Crippen LogP contribution in [-0.4, -0.2) is 13.0 Å². The Morgan fingerprint density at radius 3 is 2.52 bits per heavy atom. The minimum Gasteiger partial charge on any atom is -0.494 e. The van der Waals surface area contributed by atoms with Gasteiger partial charge in [0.1, 0.15) is 17.4 Å². The van der Waals surface area contributed by atoms with Gasteiger partial charge in [0.15, 0.2) is 0 Å². The first-order valence-corrected chi connectivity index (χ1v) is 6.47. The van der Waals surface area contributed by atoms with E-state index in [1.165, 1.54) is 19.2 Å². The van der Waals surface area contributed by atoms with E-state index in [0.29, 0.717) is 6.07 Å². The summed E-state index contributed by atoms with van der Waals surface area (Å²) >= 11 is 11.8. The largest absolute Gasteiger partial charge is 0.494 e. The molecule has 0 unspecified atom stereocenters. The molecule has 3 nitrogen and oxygen atoms in total. The molecule has 0 aromatic heterocycles. The van der Waals surface area contributed by atoms with E-state index in [0.717, 1.165) is 12.1 Å². The van der Waals surface area contributed by atoms with E-state index in [1.54, 1.807) is 0 Å². The standard InChI is InChI=1S/C14H9Cl2F2NO2/c1-21-13-9(4-7(15)5-10(13)16)14(20)19-12-3-2-8(17)6-11(12)18/h2-6H,1H3,(H,19,20). The summed E-state index contributed by atoms with van der Waals surface area (Å²) in [6, 6.07) is 5.56. The molecule has 1 amide bonds. The van der Waals surface area contributed by atoms with Gasteiger partial charge in [0.25, 0.3) is 5.91 Å². The maximum atomic E-state index is 13.5. The molecule has 0 aliphatic rings. The van der Waals surface area contributed by atoms with Crippen LogP contribution in [0.15, 0.2) is 30.3 Å². The summed E-state index contributed by atoms with van der Waals surface area (Å²) in [5, 5.41) is 2.68. The molecule has 0 saturated carbocycles. The molecule has 0 aliphatic heterocycles. The van der Waals surface area contributed by atoms with Crippen molar-refractivity contribution in [3.05, 3.63) is 57.6 Å². The van der Waals surface area contributed by atoms with Gasteiger partial charge < -0.3 is 10.1 Å². The van der Waals surface area contributed by atoms with E-state index in [4.69, 9.17) is 27.9 Å². The molecule has 0 saturated heterocycles. The third-order valence-corrected chi connectivity index (χ3v) is 3.14. The molecule has 0 aliphatic carbocycles. The predicted octanol–water partition coefficient (Wildman–Crippen LogP) is 4.53. The van der Waals surface area contributed by atoms with E-state index in [-0.39, 0.29) is 27.0 Å². The molecule has 0 spiro atoms. The zero-order valence-corrected chi connectivity index (χ0v) is 12.2. The highest BCUT2D eigenvalue weighted by atomic mass is 35.5. The Kier molecular flexibility index (Phi) is 4.65. The van der Waals surface area contributed by atoms with Crippen molar-refractivity contribution in [2.75, 3.05) is 12.4 Å². The van der Waals surface area contributed by atoms with Gasteiger partial charge in [-0.3, -0.25) is 4.79 Å². The van der Waals surface area contributed by atoms with Crippen molar-refractivity contribution in [3.8, 4) is 5.75 Å². The number of amides is 1. The first-order chi connectivity index (χ1) is 9.92. The van der Waals surface area contributed by atoms with Gasteiger partial charge in [-0.1, -0.05) is 23.2 Å². The molecule has 0 radical (unpaired) electrons. The molecule has 0 fully saturated rings. The van der Waals surface area contributed by atoms with Crippen molar-refractivity contribution in [2.24, 2.45) is 0 Å². The van der Waals surface area contributed by atoms with Crippen LogP contribution in [-0.2, 0) is 0 Å². The van der Waals surface area contributed by atoms with Crippen molar-refractivity contribution in [1.29, 1.82) is 0 Å². The highest BCUT2D eigenvalue weighted by Gasteiger charge is 2.18. The molecule has 2 aromatic rings. The normalized spacial score (nSPS) is 10.3. The number of nitrogens with one attached hydrogen (secondary N) is 1. The number of carbonyl (C=O) groups is 1. The van der Waals surface area contributed by atoms with E-state index in [1.807, 2.05) is 0 Å². The maximum Gasteiger partial charge on any atom is 0.259 e. The first kappa shape index (κ1) is 15.5. The third kappa shape index (κ3) is 3.43. The lowest BCUT2D eigenvalue weighted by atomic mass is 10.1. The molecule has 0 atom stereocenters. The van der Waals surface area contributed by atoms with E-state index in [9.17, 15) is 13.6 Å². The van der Waals surface area contributed by atoms with E-state index in [2.05, 4.69) is 5.32 Å². The number of hydrogen-bond acceptors (Lipinski definition) is 2. The Morgan fingerprint density at radius 1 is 1.19 bits per heavy atom. The maximum absolute atomic E-state index is 13.5. The molecule has 2 rings (SSSR count). The Balaban J connectivity index is 2.36. The molecule has 21 heavy (non-hydrogen) atoms. The van der Waals surface area contributed by atoms with Crippen molar-refractivity contribution < 1.29 is 18.3 Å². The average molecular weight is 332 g/mol. The minimum atomic E-state index is -0.893. The van der Waals surface area contributed by atoms with Crippen LogP contribution in [0.5, 0.6) is 5.75 Å². The zero-order chi connectivity index (χ0) is 15.6. The van der Waals surface area contributed by atoms with Crippen LogP contribution in [0.3, 0.4) is 0 Å². The van der Waals surface area contributed by atoms with Crippen LogP contribution in [0.2, 0.25) is 10.0 Å². The first-order valence-electron chi connectivity index (χ1n) is 5.72. The van der Waals surface area contributed by atoms with Gasteiger partial charge in [0.05, 0.1) is 23.4 Å². The number of benzene rings is 2. The van der Waals surface area contributed by atoms with Crippen LogP contribution in [0, 0.1) is 11.6 Å². The highest BCUT2D eigenvalue weighted by molar-refractivity contribution is 6.36. The Bertz CT molecular complexity index is 708. The lowest BCUT2D eigenvalue weighted by Gasteiger charge is -2.12. The summed E-state index contributed by atoms with van der Waals surface area (Å²) in [7, 11) is 1.34. The molecule has 2 aromatic carbocycles. The Labute approximate surface area is 129 Å². The quantitative estimate of drug-likeness (QED) is 0.897. The topological polar surface area (TPSA) is 38.3 Å². The zero-order valence-electron chi connectivity index (χ0n) is 10.7. The summed E-state index contributed by atoms with van der Waals surface area (Å²) in [4.78, 5) is 12.2. The van der Waals surface area contributed by atoms with E-state index < -0.39 is 17.5 Å². The van der Waals surface area contributed by atoms with Gasteiger partial charge in [0, 0.05) is 11.1 Å². The smallest absolute Gasteiger partial charge is 0.259 e. The van der Waals surface area contributed by atoms with Crippen molar-refractivity contribution >= 4 is 34.8 Å². The van der Waals surface area contributed by atoms with E-state index >= 15 is 0 Å². The summed E-state index contributed by atoms with van der Waals surface area (Å²) in [6.07, 6.45) is 0. The fraction of sp³-hybridized carbons (Fsp3) is 0.0714. The van der Waals surface area contributed by atoms with Gasteiger partial charge in [-0.2, -0.15) is 0 Å². The minimum absolute atomic E-state index is 0.0405. The van der Waals surface area contributed by atoms with Crippen LogP contribution in [0.25, 0.3) is 0 Å². The third-order valence-electron chi connectivity index (χ3n) is 2.64. The number of hydrogen-bond donors (Lipinski definition) is 1. The SMILES string of the molecule is COc1c(Cl)cc(Cl)cc1C(=O)Nc1ccc(F)cc1F. The Hall–Kier alpha value is -1.85. The van der Waals surface area contributed by atoms with Gasteiger partial charge in [-0.05, 0) is 24.3 Å². The van der Waals surface area contributed by atoms with Gasteiger partial charge in [0.2, 0.25) is 0 Å². The van der Waals surface area contributed by atoms with Gasteiger partial charge in [-0.15, -0.1) is 0 Å². The molecule has 7 heteroatoms. The number of rotatable bonds is 3. The van der Waals surface area contributed by atoms with Crippen molar-refractivity contribution in [3.63, 3.8) is 0 Å². The van der Waals surface area contributed by atoms with Crippen LogP contribution < -0.4 is 10.1 Å². The summed E-state index contributed by atoms with van der Waals surface area (Å²) in [5.41, 5.74) is -0.127. The fourth-order valence-electron chi connectivity index (χ4n) is 1.72. The van der Waals surface area contributed by atoms with Gasteiger partial charge >= 0.3 is 0 Å². The molecule has 0 bridgehead atoms. The number of halogens is 4. The summed E-state index contributed by atoms with van der Waals surface area (Å²) in [6.45, 7) is 0. The lowest BCUT2D eigenvalue weighted by Crippen LogP contribution is -2.14. The van der Waals surface area contributed by atoms with Crippen molar-refractivity contribution in [1.82, 2.24) is 0 Å². The van der Waals surface area contributed by atoms with Crippen LogP contribution >= 0.6 is 23.2 Å². The fourth-order valence-corrected chi connectivity index (χ4v) is 2.29. The van der Waals surface area contributed by atoms with Gasteiger partial charge in [-0.25, -0.2) is 8.78 Å². The number of methoxy groups -OCH3 is 1.